The summed E-state index contributed by atoms with van der Waals surface area (Å²) in [4.78, 5) is 22.3. The lowest BCUT2D eigenvalue weighted by Crippen LogP contribution is -2.33. The minimum Gasteiger partial charge on any atom is -0.493 e. The summed E-state index contributed by atoms with van der Waals surface area (Å²) in [6.45, 7) is 1.27. The van der Waals surface area contributed by atoms with Gasteiger partial charge in [0.15, 0.2) is 23.0 Å². The maximum Gasteiger partial charge on any atom is 0.261 e. The molecular weight excluding hydrogens is 410 g/mol. The van der Waals surface area contributed by atoms with Crippen molar-refractivity contribution in [3.8, 4) is 23.0 Å². The van der Waals surface area contributed by atoms with Gasteiger partial charge in [-0.3, -0.25) is 9.78 Å². The van der Waals surface area contributed by atoms with E-state index in [2.05, 4.69) is 9.97 Å². The van der Waals surface area contributed by atoms with E-state index in [0.717, 1.165) is 12.0 Å². The molecule has 1 aromatic heterocycles. The molecule has 3 aromatic rings. The predicted octanol–water partition coefficient (Wildman–Crippen LogP) is 3.17. The second-order valence-electron chi connectivity index (χ2n) is 6.86. The summed E-state index contributed by atoms with van der Waals surface area (Å²) in [6.07, 6.45) is 0.782. The van der Waals surface area contributed by atoms with Gasteiger partial charge in [-0.05, 0) is 29.7 Å². The molecular formula is C21H22ClN3O5. The highest BCUT2D eigenvalue weighted by Gasteiger charge is 2.23. The van der Waals surface area contributed by atoms with Crippen molar-refractivity contribution in [3.63, 3.8) is 0 Å². The Bertz CT molecular complexity index is 1180. The topological polar surface area (TPSA) is 85.9 Å². The van der Waals surface area contributed by atoms with E-state index in [9.17, 15) is 4.79 Å². The molecule has 0 saturated heterocycles. The normalized spacial score (nSPS) is 13.2. The first kappa shape index (κ1) is 20.2. The van der Waals surface area contributed by atoms with Gasteiger partial charge in [0.2, 0.25) is 5.95 Å². The van der Waals surface area contributed by atoms with Gasteiger partial charge in [-0.2, -0.15) is 0 Å². The Hall–Kier alpha value is -3.13. The van der Waals surface area contributed by atoms with Crippen LogP contribution < -0.4 is 29.4 Å². The minimum atomic E-state index is -0.334. The summed E-state index contributed by atoms with van der Waals surface area (Å²) in [5.41, 5.74) is 2.38. The molecule has 0 radical (unpaired) electrons. The molecule has 30 heavy (non-hydrogen) atoms. The molecule has 1 aliphatic rings. The van der Waals surface area contributed by atoms with Crippen LogP contribution in [-0.4, -0.2) is 45.0 Å². The van der Waals surface area contributed by atoms with Gasteiger partial charge < -0.3 is 23.8 Å². The number of fused-ring (bicyclic) bond motifs is 2. The summed E-state index contributed by atoms with van der Waals surface area (Å²) in [5.74, 6) is 2.56. The lowest BCUT2D eigenvalue weighted by atomic mass is 9.99. The Morgan fingerprint density at radius 1 is 0.967 bits per heavy atom. The SMILES string of the molecule is COc1cc2c(cc1OC)CN(c1nc3cc(OC)c(OC)c(Cl)c3c(=O)[nH]1)CC2. The molecule has 2 heterocycles. The first-order chi connectivity index (χ1) is 14.5. The van der Waals surface area contributed by atoms with Gasteiger partial charge >= 0.3 is 0 Å². The number of rotatable bonds is 5. The van der Waals surface area contributed by atoms with Crippen LogP contribution in [0.3, 0.4) is 0 Å². The van der Waals surface area contributed by atoms with Crippen molar-refractivity contribution in [2.45, 2.75) is 13.0 Å². The van der Waals surface area contributed by atoms with Crippen LogP contribution in [-0.2, 0) is 13.0 Å². The number of hydrogen-bond donors (Lipinski definition) is 1. The molecule has 1 aliphatic heterocycles. The number of nitrogens with one attached hydrogen (secondary N) is 1. The number of anilines is 1. The van der Waals surface area contributed by atoms with Crippen LogP contribution in [0.2, 0.25) is 5.02 Å². The van der Waals surface area contributed by atoms with Crippen LogP contribution in [0.1, 0.15) is 11.1 Å². The standard InChI is InChI=1S/C21H22ClN3O5/c1-27-14-7-11-5-6-25(10-12(11)8-15(14)28-2)21-23-13-9-16(29-3)19(30-4)18(22)17(13)20(26)24-21/h7-9H,5-6,10H2,1-4H3,(H,23,24,26). The van der Waals surface area contributed by atoms with Crippen LogP contribution in [0.25, 0.3) is 10.9 Å². The molecule has 2 aromatic carbocycles. The number of methoxy groups -OCH3 is 4. The van der Waals surface area contributed by atoms with Crippen molar-refractivity contribution in [2.24, 2.45) is 0 Å². The van der Waals surface area contributed by atoms with E-state index < -0.39 is 0 Å². The fourth-order valence-corrected chi connectivity index (χ4v) is 4.11. The average Bonchev–Trinajstić information content (AvgIpc) is 2.76. The van der Waals surface area contributed by atoms with Crippen molar-refractivity contribution in [2.75, 3.05) is 39.9 Å². The lowest BCUT2D eigenvalue weighted by molar-refractivity contribution is 0.353. The molecule has 0 bridgehead atoms. The van der Waals surface area contributed by atoms with Gasteiger partial charge in [0.1, 0.15) is 5.02 Å². The fourth-order valence-electron chi connectivity index (χ4n) is 3.76. The Morgan fingerprint density at radius 2 is 1.63 bits per heavy atom. The Kier molecular flexibility index (Phi) is 5.34. The van der Waals surface area contributed by atoms with E-state index in [1.54, 1.807) is 20.3 Å². The molecule has 0 atom stereocenters. The molecule has 0 spiro atoms. The third-order valence-electron chi connectivity index (χ3n) is 5.29. The van der Waals surface area contributed by atoms with Gasteiger partial charge in [0, 0.05) is 19.2 Å². The second-order valence-corrected chi connectivity index (χ2v) is 7.24. The number of H-pyrrole nitrogens is 1. The van der Waals surface area contributed by atoms with E-state index in [-0.39, 0.29) is 16.0 Å². The third kappa shape index (κ3) is 3.27. The fraction of sp³-hybridized carbons (Fsp3) is 0.333. The molecule has 0 amide bonds. The van der Waals surface area contributed by atoms with E-state index >= 15 is 0 Å². The first-order valence-corrected chi connectivity index (χ1v) is 9.71. The number of benzene rings is 2. The van der Waals surface area contributed by atoms with Crippen molar-refractivity contribution in [1.29, 1.82) is 0 Å². The zero-order valence-corrected chi connectivity index (χ0v) is 17.9. The molecule has 0 fully saturated rings. The summed E-state index contributed by atoms with van der Waals surface area (Å²) in [6, 6.07) is 5.62. The van der Waals surface area contributed by atoms with Crippen molar-refractivity contribution < 1.29 is 18.9 Å². The number of ether oxygens (including phenoxy) is 4. The maximum absolute atomic E-state index is 12.8. The summed E-state index contributed by atoms with van der Waals surface area (Å²) < 4.78 is 21.4. The molecule has 0 saturated carbocycles. The predicted molar refractivity (Wildman–Crippen MR) is 115 cm³/mol. The van der Waals surface area contributed by atoms with Gasteiger partial charge in [0.25, 0.3) is 5.56 Å². The van der Waals surface area contributed by atoms with Gasteiger partial charge in [0.05, 0.1) is 39.3 Å². The first-order valence-electron chi connectivity index (χ1n) is 9.34. The zero-order valence-electron chi connectivity index (χ0n) is 17.2. The number of aromatic nitrogens is 2. The van der Waals surface area contributed by atoms with Gasteiger partial charge in [-0.15, -0.1) is 0 Å². The Balaban J connectivity index is 1.77. The summed E-state index contributed by atoms with van der Waals surface area (Å²) in [5, 5.41) is 0.440. The highest BCUT2D eigenvalue weighted by Crippen LogP contribution is 2.39. The quantitative estimate of drug-likeness (QED) is 0.664. The van der Waals surface area contributed by atoms with Crippen LogP contribution in [0.15, 0.2) is 23.0 Å². The summed E-state index contributed by atoms with van der Waals surface area (Å²) >= 11 is 6.39. The Labute approximate surface area is 178 Å². The van der Waals surface area contributed by atoms with Crippen LogP contribution >= 0.6 is 11.6 Å². The van der Waals surface area contributed by atoms with Crippen LogP contribution in [0.4, 0.5) is 5.95 Å². The number of halogens is 1. The van der Waals surface area contributed by atoms with E-state index in [1.165, 1.54) is 19.8 Å². The number of nitrogens with zero attached hydrogens (tertiary/aromatic N) is 2. The van der Waals surface area contributed by atoms with Crippen LogP contribution in [0, 0.1) is 0 Å². The second kappa shape index (κ2) is 7.95. The Morgan fingerprint density at radius 3 is 2.27 bits per heavy atom. The van der Waals surface area contributed by atoms with E-state index in [1.807, 2.05) is 17.0 Å². The van der Waals surface area contributed by atoms with E-state index in [4.69, 9.17) is 30.5 Å². The molecule has 4 rings (SSSR count). The lowest BCUT2D eigenvalue weighted by Gasteiger charge is -2.30. The van der Waals surface area contributed by atoms with Crippen LogP contribution in [0.5, 0.6) is 23.0 Å². The van der Waals surface area contributed by atoms with Gasteiger partial charge in [-0.1, -0.05) is 11.6 Å². The van der Waals surface area contributed by atoms with Crippen molar-refractivity contribution in [1.82, 2.24) is 9.97 Å². The number of aromatic amines is 1. The third-order valence-corrected chi connectivity index (χ3v) is 5.65. The highest BCUT2D eigenvalue weighted by atomic mass is 35.5. The molecule has 1 N–H and O–H groups in total. The smallest absolute Gasteiger partial charge is 0.261 e. The van der Waals surface area contributed by atoms with Crippen molar-refractivity contribution >= 4 is 28.5 Å². The van der Waals surface area contributed by atoms with Gasteiger partial charge in [-0.25, -0.2) is 4.98 Å². The highest BCUT2D eigenvalue weighted by molar-refractivity contribution is 6.37. The molecule has 0 unspecified atom stereocenters. The number of hydrogen-bond acceptors (Lipinski definition) is 7. The molecule has 8 nitrogen and oxygen atoms in total. The minimum absolute atomic E-state index is 0.174. The largest absolute Gasteiger partial charge is 0.493 e. The molecule has 158 valence electrons. The van der Waals surface area contributed by atoms with Crippen molar-refractivity contribution in [3.05, 3.63) is 44.7 Å². The maximum atomic E-state index is 12.8. The summed E-state index contributed by atoms with van der Waals surface area (Å²) in [7, 11) is 6.22. The average molecular weight is 432 g/mol. The monoisotopic (exact) mass is 431 g/mol. The molecule has 9 heteroatoms. The zero-order chi connectivity index (χ0) is 21.4. The molecule has 0 aliphatic carbocycles. The van der Waals surface area contributed by atoms with E-state index in [0.29, 0.717) is 47.6 Å².